The average Bonchev–Trinajstić information content (AvgIpc) is 3.04. The molecule has 1 aromatic heterocycles. The predicted molar refractivity (Wildman–Crippen MR) is 79.5 cm³/mol. The maximum Gasteiger partial charge on any atom is 0.138 e. The summed E-state index contributed by atoms with van der Waals surface area (Å²) in [5, 5.41) is 4.75. The van der Waals surface area contributed by atoms with E-state index in [9.17, 15) is 0 Å². The fourth-order valence-corrected chi connectivity index (χ4v) is 2.53. The van der Waals surface area contributed by atoms with Crippen LogP contribution in [-0.2, 0) is 12.0 Å². The molecule has 102 valence electrons. The minimum absolute atomic E-state index is 0.114. The van der Waals surface area contributed by atoms with E-state index in [1.807, 2.05) is 0 Å². The van der Waals surface area contributed by atoms with Crippen molar-refractivity contribution >= 4 is 11.0 Å². The van der Waals surface area contributed by atoms with Gasteiger partial charge >= 0.3 is 0 Å². The van der Waals surface area contributed by atoms with Gasteiger partial charge in [0.05, 0.1) is 6.54 Å². The van der Waals surface area contributed by atoms with E-state index in [2.05, 4.69) is 51.2 Å². The molecule has 0 unspecified atom stereocenters. The molecule has 0 bridgehead atoms. The Morgan fingerprint density at radius 3 is 2.58 bits per heavy atom. The third kappa shape index (κ3) is 2.69. The molecule has 0 amide bonds. The van der Waals surface area contributed by atoms with Crippen molar-refractivity contribution in [2.45, 2.75) is 58.5 Å². The lowest BCUT2D eigenvalue weighted by Gasteiger charge is -2.19. The predicted octanol–water partition coefficient (Wildman–Crippen LogP) is 4.29. The minimum Gasteiger partial charge on any atom is -0.459 e. The lowest BCUT2D eigenvalue weighted by Crippen LogP contribution is -2.14. The second kappa shape index (κ2) is 4.38. The number of fused-ring (bicyclic) bond motifs is 1. The monoisotopic (exact) mass is 257 g/mol. The Hall–Kier alpha value is -1.28. The second-order valence-corrected chi connectivity index (χ2v) is 6.85. The Labute approximate surface area is 115 Å². The van der Waals surface area contributed by atoms with Crippen molar-refractivity contribution in [1.29, 1.82) is 0 Å². The zero-order chi connectivity index (χ0) is 13.6. The number of furan rings is 1. The van der Waals surface area contributed by atoms with Crippen LogP contribution in [0, 0.1) is 6.92 Å². The molecule has 0 spiro atoms. The van der Waals surface area contributed by atoms with E-state index in [1.165, 1.54) is 29.4 Å². The Kier molecular flexibility index (Phi) is 2.94. The summed E-state index contributed by atoms with van der Waals surface area (Å²) in [5.41, 5.74) is 3.79. The van der Waals surface area contributed by atoms with Gasteiger partial charge in [0.25, 0.3) is 0 Å². The Morgan fingerprint density at radius 2 is 1.95 bits per heavy atom. The van der Waals surface area contributed by atoms with Gasteiger partial charge in [-0.3, -0.25) is 0 Å². The highest BCUT2D eigenvalue weighted by molar-refractivity contribution is 5.83. The number of aryl methyl sites for hydroxylation is 1. The molecule has 1 aromatic carbocycles. The number of benzene rings is 1. The molecule has 1 saturated carbocycles. The summed E-state index contributed by atoms with van der Waals surface area (Å²) in [5.74, 6) is 1.05. The highest BCUT2D eigenvalue weighted by atomic mass is 16.3. The number of nitrogens with one attached hydrogen (secondary N) is 1. The molecule has 0 radical (unpaired) electrons. The molecule has 0 aliphatic heterocycles. The smallest absolute Gasteiger partial charge is 0.138 e. The summed E-state index contributed by atoms with van der Waals surface area (Å²) in [6, 6.07) is 7.38. The second-order valence-electron chi connectivity index (χ2n) is 6.85. The van der Waals surface area contributed by atoms with Crippen molar-refractivity contribution < 1.29 is 4.42 Å². The Bertz CT molecular complexity index is 599. The van der Waals surface area contributed by atoms with Gasteiger partial charge in [0.2, 0.25) is 0 Å². The normalized spacial score (nSPS) is 16.2. The Morgan fingerprint density at radius 1 is 1.21 bits per heavy atom. The van der Waals surface area contributed by atoms with Crippen LogP contribution in [-0.4, -0.2) is 6.04 Å². The van der Waals surface area contributed by atoms with Crippen LogP contribution in [0.1, 0.15) is 50.5 Å². The average molecular weight is 257 g/mol. The van der Waals surface area contributed by atoms with Crippen LogP contribution in [0.15, 0.2) is 22.6 Å². The van der Waals surface area contributed by atoms with Gasteiger partial charge in [-0.25, -0.2) is 0 Å². The van der Waals surface area contributed by atoms with Crippen LogP contribution in [0.25, 0.3) is 11.0 Å². The minimum atomic E-state index is 0.114. The molecule has 0 saturated heterocycles. The van der Waals surface area contributed by atoms with Gasteiger partial charge in [-0.15, -0.1) is 0 Å². The van der Waals surface area contributed by atoms with Gasteiger partial charge in [-0.05, 0) is 42.9 Å². The van der Waals surface area contributed by atoms with Gasteiger partial charge in [0.15, 0.2) is 0 Å². The molecule has 19 heavy (non-hydrogen) atoms. The van der Waals surface area contributed by atoms with E-state index in [-0.39, 0.29) is 5.41 Å². The number of hydrogen-bond donors (Lipinski definition) is 1. The highest BCUT2D eigenvalue weighted by Crippen LogP contribution is 2.33. The van der Waals surface area contributed by atoms with Crippen LogP contribution >= 0.6 is 0 Å². The molecular formula is C17H23NO. The zero-order valence-electron chi connectivity index (χ0n) is 12.3. The van der Waals surface area contributed by atoms with Crippen molar-refractivity contribution in [3.05, 3.63) is 35.1 Å². The van der Waals surface area contributed by atoms with Crippen LogP contribution < -0.4 is 5.32 Å². The molecule has 0 atom stereocenters. The lowest BCUT2D eigenvalue weighted by molar-refractivity contribution is 0.499. The Balaban J connectivity index is 2.00. The molecule has 1 fully saturated rings. The number of rotatable bonds is 3. The first-order valence-corrected chi connectivity index (χ1v) is 7.20. The van der Waals surface area contributed by atoms with Crippen molar-refractivity contribution in [2.24, 2.45) is 0 Å². The highest BCUT2D eigenvalue weighted by Gasteiger charge is 2.22. The SMILES string of the molecule is Cc1cc(C(C)(C)C)c2oc(CNC3CC3)cc2c1. The van der Waals surface area contributed by atoms with Crippen LogP contribution in [0.3, 0.4) is 0 Å². The van der Waals surface area contributed by atoms with E-state index >= 15 is 0 Å². The standard InChI is InChI=1S/C17H23NO/c1-11-7-12-9-14(10-18-13-5-6-13)19-16(12)15(8-11)17(2,3)4/h7-9,13,18H,5-6,10H2,1-4H3. The summed E-state index contributed by atoms with van der Waals surface area (Å²) in [6.07, 6.45) is 2.62. The van der Waals surface area contributed by atoms with E-state index < -0.39 is 0 Å². The number of hydrogen-bond acceptors (Lipinski definition) is 2. The fourth-order valence-electron chi connectivity index (χ4n) is 2.53. The fraction of sp³-hybridized carbons (Fsp3) is 0.529. The van der Waals surface area contributed by atoms with Crippen LogP contribution in [0.4, 0.5) is 0 Å². The first-order valence-electron chi connectivity index (χ1n) is 7.20. The first-order chi connectivity index (χ1) is 8.93. The van der Waals surface area contributed by atoms with Crippen molar-refractivity contribution in [1.82, 2.24) is 5.32 Å². The summed E-state index contributed by atoms with van der Waals surface area (Å²) in [7, 11) is 0. The van der Waals surface area contributed by atoms with Crippen molar-refractivity contribution in [3.63, 3.8) is 0 Å². The van der Waals surface area contributed by atoms with Crippen LogP contribution in [0.2, 0.25) is 0 Å². The van der Waals surface area contributed by atoms with Gasteiger partial charge in [0.1, 0.15) is 11.3 Å². The third-order valence-corrected chi connectivity index (χ3v) is 3.76. The quantitative estimate of drug-likeness (QED) is 0.887. The van der Waals surface area contributed by atoms with Gasteiger partial charge < -0.3 is 9.73 Å². The lowest BCUT2D eigenvalue weighted by atomic mass is 9.85. The molecule has 1 heterocycles. The van der Waals surface area contributed by atoms with Gasteiger partial charge in [-0.1, -0.05) is 26.8 Å². The summed E-state index contributed by atoms with van der Waals surface area (Å²) >= 11 is 0. The van der Waals surface area contributed by atoms with E-state index in [0.29, 0.717) is 0 Å². The van der Waals surface area contributed by atoms with Crippen molar-refractivity contribution in [3.8, 4) is 0 Å². The zero-order valence-corrected chi connectivity index (χ0v) is 12.3. The molecule has 1 N–H and O–H groups in total. The summed E-state index contributed by atoms with van der Waals surface area (Å²) in [4.78, 5) is 0. The van der Waals surface area contributed by atoms with Gasteiger partial charge in [-0.2, -0.15) is 0 Å². The molecule has 2 nitrogen and oxygen atoms in total. The molecule has 3 rings (SSSR count). The largest absolute Gasteiger partial charge is 0.459 e. The maximum absolute atomic E-state index is 6.10. The van der Waals surface area contributed by atoms with E-state index in [1.54, 1.807) is 0 Å². The molecule has 1 aliphatic rings. The molecule has 1 aliphatic carbocycles. The molecular weight excluding hydrogens is 234 g/mol. The maximum atomic E-state index is 6.10. The summed E-state index contributed by atoms with van der Waals surface area (Å²) < 4.78 is 6.10. The van der Waals surface area contributed by atoms with Crippen molar-refractivity contribution in [2.75, 3.05) is 0 Å². The third-order valence-electron chi connectivity index (χ3n) is 3.76. The van der Waals surface area contributed by atoms with E-state index in [4.69, 9.17) is 4.42 Å². The van der Waals surface area contributed by atoms with Crippen LogP contribution in [0.5, 0.6) is 0 Å². The molecule has 2 aromatic rings. The molecule has 2 heteroatoms. The first kappa shape index (κ1) is 12.7. The topological polar surface area (TPSA) is 25.2 Å². The van der Waals surface area contributed by atoms with Gasteiger partial charge in [0, 0.05) is 17.0 Å². The van der Waals surface area contributed by atoms with E-state index in [0.717, 1.165) is 23.9 Å². The summed E-state index contributed by atoms with van der Waals surface area (Å²) in [6.45, 7) is 9.73.